The molecular weight excluding hydrogens is 284 g/mol. The van der Waals surface area contributed by atoms with Gasteiger partial charge in [-0.1, -0.05) is 30.3 Å². The molecule has 23 heavy (non-hydrogen) atoms. The Morgan fingerprint density at radius 3 is 2.52 bits per heavy atom. The monoisotopic (exact) mass is 313 g/mol. The second-order valence-electron chi connectivity index (χ2n) is 8.12. The number of nitrogens with zero attached hydrogens (tertiary/aromatic N) is 4. The van der Waals surface area contributed by atoms with Gasteiger partial charge in [0.05, 0.1) is 19.6 Å². The van der Waals surface area contributed by atoms with E-state index in [0.29, 0.717) is 6.17 Å². The van der Waals surface area contributed by atoms with E-state index >= 15 is 0 Å². The third kappa shape index (κ3) is 1.86. The minimum absolute atomic E-state index is 0.271. The van der Waals surface area contributed by atoms with Crippen LogP contribution in [0.5, 0.6) is 0 Å². The lowest BCUT2D eigenvalue weighted by Crippen LogP contribution is -2.83. The van der Waals surface area contributed by atoms with Crippen LogP contribution in [0.3, 0.4) is 0 Å². The fourth-order valence-corrected chi connectivity index (χ4v) is 6.08. The maximum atomic E-state index is 2.83. The summed E-state index contributed by atoms with van der Waals surface area (Å²) in [7, 11) is 0. The quantitative estimate of drug-likeness (QED) is 0.764. The van der Waals surface area contributed by atoms with E-state index in [0.717, 1.165) is 0 Å². The van der Waals surface area contributed by atoms with E-state index < -0.39 is 0 Å². The van der Waals surface area contributed by atoms with Crippen LogP contribution < -0.4 is 0 Å². The van der Waals surface area contributed by atoms with Gasteiger partial charge in [0.2, 0.25) is 0 Å². The van der Waals surface area contributed by atoms with Gasteiger partial charge < -0.3 is 0 Å². The minimum Gasteiger partial charge on any atom is -0.298 e. The molecule has 0 aromatic heterocycles. The van der Waals surface area contributed by atoms with Crippen molar-refractivity contribution in [3.8, 4) is 0 Å². The van der Waals surface area contributed by atoms with Crippen molar-refractivity contribution >= 4 is 0 Å². The van der Waals surface area contributed by atoms with Crippen molar-refractivity contribution in [1.29, 1.82) is 0 Å². The molecule has 0 radical (unpaired) electrons. The highest BCUT2D eigenvalue weighted by Crippen LogP contribution is 2.47. The molecule has 4 nitrogen and oxygen atoms in total. The van der Waals surface area contributed by atoms with Gasteiger partial charge in [-0.3, -0.25) is 14.3 Å². The zero-order valence-corrected chi connectivity index (χ0v) is 14.3. The summed E-state index contributed by atoms with van der Waals surface area (Å²) >= 11 is 0. The molecule has 4 heteroatoms. The fraction of sp³-hybridized carbons (Fsp3) is 0.684. The van der Waals surface area contributed by atoms with Gasteiger partial charge in [0, 0.05) is 45.2 Å². The van der Waals surface area contributed by atoms with Gasteiger partial charge in [-0.25, -0.2) is 4.90 Å². The zero-order chi connectivity index (χ0) is 15.5. The molecule has 4 saturated heterocycles. The van der Waals surface area contributed by atoms with Crippen molar-refractivity contribution in [1.82, 2.24) is 14.7 Å². The summed E-state index contributed by atoms with van der Waals surface area (Å²) in [6, 6.07) is 11.2. The van der Waals surface area contributed by atoms with Crippen molar-refractivity contribution in [2.24, 2.45) is 0 Å². The molecule has 4 aliphatic rings. The summed E-state index contributed by atoms with van der Waals surface area (Å²) < 4.78 is 1.27. The first-order valence-electron chi connectivity index (χ1n) is 9.36. The average Bonchev–Trinajstić information content (AvgIpc) is 2.88. The van der Waals surface area contributed by atoms with Gasteiger partial charge in [0.25, 0.3) is 0 Å². The average molecular weight is 313 g/mol. The highest BCUT2D eigenvalue weighted by Gasteiger charge is 2.67. The lowest BCUT2D eigenvalue weighted by atomic mass is 9.91. The maximum Gasteiger partial charge on any atom is 0.182 e. The van der Waals surface area contributed by atoms with Crippen LogP contribution >= 0.6 is 0 Å². The van der Waals surface area contributed by atoms with Crippen molar-refractivity contribution in [2.75, 3.05) is 52.4 Å². The van der Waals surface area contributed by atoms with E-state index in [1.807, 2.05) is 0 Å². The Kier molecular flexibility index (Phi) is 3.15. The molecule has 0 saturated carbocycles. The predicted molar refractivity (Wildman–Crippen MR) is 91.7 cm³/mol. The van der Waals surface area contributed by atoms with Crippen LogP contribution in [0.2, 0.25) is 0 Å². The molecule has 1 aromatic carbocycles. The number of hydrogen-bond acceptors (Lipinski definition) is 3. The first-order valence-corrected chi connectivity index (χ1v) is 9.36. The second kappa shape index (κ2) is 5.03. The van der Waals surface area contributed by atoms with Gasteiger partial charge in [0.1, 0.15) is 12.7 Å². The lowest BCUT2D eigenvalue weighted by molar-refractivity contribution is -0.991. The molecule has 0 spiro atoms. The molecule has 4 heterocycles. The Morgan fingerprint density at radius 2 is 1.70 bits per heavy atom. The molecule has 0 N–H and O–H groups in total. The lowest BCUT2D eigenvalue weighted by Gasteiger charge is -2.64. The maximum absolute atomic E-state index is 2.83. The fourth-order valence-electron chi connectivity index (χ4n) is 6.08. The van der Waals surface area contributed by atoms with E-state index in [-0.39, 0.29) is 5.66 Å². The van der Waals surface area contributed by atoms with E-state index in [2.05, 4.69) is 52.0 Å². The van der Waals surface area contributed by atoms with Crippen molar-refractivity contribution < 1.29 is 4.48 Å². The van der Waals surface area contributed by atoms with Gasteiger partial charge in [-0.05, 0) is 6.42 Å². The summed E-state index contributed by atoms with van der Waals surface area (Å²) in [6.45, 7) is 14.1. The SMILES string of the molecule is CC12C3N4CCCN3CC[N+]1(Cc1ccccc1)CCN2CC4. The Balaban J connectivity index is 1.56. The molecule has 1 aromatic rings. The highest BCUT2D eigenvalue weighted by atomic mass is 15.7. The third-order valence-electron chi connectivity index (χ3n) is 7.27. The number of piperazine rings is 2. The Morgan fingerprint density at radius 1 is 0.957 bits per heavy atom. The van der Waals surface area contributed by atoms with E-state index in [9.17, 15) is 0 Å². The Labute approximate surface area is 139 Å². The van der Waals surface area contributed by atoms with E-state index in [4.69, 9.17) is 0 Å². The molecule has 0 amide bonds. The van der Waals surface area contributed by atoms with E-state index in [1.54, 1.807) is 0 Å². The largest absolute Gasteiger partial charge is 0.298 e. The number of benzene rings is 1. The van der Waals surface area contributed by atoms with Crippen LogP contribution in [0.4, 0.5) is 0 Å². The van der Waals surface area contributed by atoms with Gasteiger partial charge >= 0.3 is 0 Å². The molecule has 0 aliphatic carbocycles. The summed E-state index contributed by atoms with van der Waals surface area (Å²) in [5.74, 6) is 0. The van der Waals surface area contributed by atoms with Crippen LogP contribution in [0.15, 0.2) is 30.3 Å². The third-order valence-corrected chi connectivity index (χ3v) is 7.27. The molecule has 3 unspecified atom stereocenters. The van der Waals surface area contributed by atoms with Gasteiger partial charge in [0.15, 0.2) is 5.66 Å². The minimum atomic E-state index is 0.271. The van der Waals surface area contributed by atoms with Crippen molar-refractivity contribution in [3.63, 3.8) is 0 Å². The predicted octanol–water partition coefficient (Wildman–Crippen LogP) is 1.40. The highest BCUT2D eigenvalue weighted by molar-refractivity contribution is 5.14. The number of rotatable bonds is 2. The van der Waals surface area contributed by atoms with Crippen LogP contribution in [0.25, 0.3) is 0 Å². The number of hydrogen-bond donors (Lipinski definition) is 0. The molecule has 124 valence electrons. The Hall–Kier alpha value is -0.940. The molecule has 5 rings (SSSR count). The summed E-state index contributed by atoms with van der Waals surface area (Å²) in [6.07, 6.45) is 1.98. The molecule has 3 atom stereocenters. The molecular formula is C19H29N4+. The van der Waals surface area contributed by atoms with Crippen LogP contribution in [-0.2, 0) is 6.54 Å². The Bertz CT molecular complexity index is 584. The van der Waals surface area contributed by atoms with Crippen LogP contribution in [-0.4, -0.2) is 83.4 Å². The van der Waals surface area contributed by atoms with Gasteiger partial charge in [-0.15, -0.1) is 0 Å². The molecule has 4 fully saturated rings. The normalized spacial score (nSPS) is 41.0. The number of quaternary nitrogens is 1. The van der Waals surface area contributed by atoms with E-state index in [1.165, 1.54) is 75.4 Å². The first kappa shape index (κ1) is 14.4. The van der Waals surface area contributed by atoms with Crippen molar-refractivity contribution in [2.45, 2.75) is 31.7 Å². The summed E-state index contributed by atoms with van der Waals surface area (Å²) in [5.41, 5.74) is 1.78. The first-order chi connectivity index (χ1) is 11.2. The smallest absolute Gasteiger partial charge is 0.182 e. The van der Waals surface area contributed by atoms with Crippen LogP contribution in [0.1, 0.15) is 18.9 Å². The van der Waals surface area contributed by atoms with Gasteiger partial charge in [-0.2, -0.15) is 0 Å². The summed E-state index contributed by atoms with van der Waals surface area (Å²) in [5, 5.41) is 0. The topological polar surface area (TPSA) is 9.72 Å². The molecule has 0 bridgehead atoms. The van der Waals surface area contributed by atoms with Crippen molar-refractivity contribution in [3.05, 3.63) is 35.9 Å². The standard InChI is InChI=1S/C19H29N4/c1-19-18-20-8-5-9-21(18)12-14-23(19,15-13-22(19)11-10-20)16-17-6-3-2-4-7-17/h2-4,6-7,18H,5,8-16H2,1H3/q+1. The second-order valence-corrected chi connectivity index (χ2v) is 8.12. The molecule has 4 aliphatic heterocycles. The summed E-state index contributed by atoms with van der Waals surface area (Å²) in [4.78, 5) is 8.42. The van der Waals surface area contributed by atoms with Crippen LogP contribution in [0, 0.1) is 0 Å². The zero-order valence-electron chi connectivity index (χ0n) is 14.3.